The average Bonchev–Trinajstić information content (AvgIpc) is 2.94. The van der Waals surface area contributed by atoms with E-state index in [1.165, 1.54) is 0 Å². The summed E-state index contributed by atoms with van der Waals surface area (Å²) in [5, 5.41) is 13.4. The van der Waals surface area contributed by atoms with Crippen LogP contribution in [-0.4, -0.2) is 33.7 Å². The van der Waals surface area contributed by atoms with Crippen LogP contribution in [0.25, 0.3) is 0 Å². The predicted molar refractivity (Wildman–Crippen MR) is 91.4 cm³/mol. The maximum Gasteiger partial charge on any atom is 0.227 e. The van der Waals surface area contributed by atoms with Crippen molar-refractivity contribution in [3.05, 3.63) is 52.8 Å². The number of nitrogens with zero attached hydrogens (tertiary/aromatic N) is 4. The molecule has 1 aliphatic rings. The Morgan fingerprint density at radius 2 is 2.08 bits per heavy atom. The van der Waals surface area contributed by atoms with Gasteiger partial charge >= 0.3 is 0 Å². The standard InChI is InChI=1S/C19H22N4O/c1-14-10-15(2)23(21-14)18-4-3-9-22(13-18)19(24)11-16-5-7-17(12-20)8-6-16/h5-8,10,18H,3-4,9,11,13H2,1-2H3/t18-/m1/s1. The fourth-order valence-electron chi connectivity index (χ4n) is 3.38. The summed E-state index contributed by atoms with van der Waals surface area (Å²) >= 11 is 0. The van der Waals surface area contributed by atoms with Gasteiger partial charge in [0, 0.05) is 18.8 Å². The van der Waals surface area contributed by atoms with Crippen molar-refractivity contribution in [1.29, 1.82) is 5.26 Å². The second kappa shape index (κ2) is 6.88. The third-order valence-electron chi connectivity index (χ3n) is 4.58. The highest BCUT2D eigenvalue weighted by molar-refractivity contribution is 5.79. The fourth-order valence-corrected chi connectivity index (χ4v) is 3.38. The molecule has 0 N–H and O–H groups in total. The zero-order chi connectivity index (χ0) is 17.1. The first-order valence-electron chi connectivity index (χ1n) is 8.36. The van der Waals surface area contributed by atoms with Crippen LogP contribution in [0.2, 0.25) is 0 Å². The van der Waals surface area contributed by atoms with Crippen molar-refractivity contribution in [2.24, 2.45) is 0 Å². The normalized spacial score (nSPS) is 17.5. The van der Waals surface area contributed by atoms with E-state index in [1.807, 2.05) is 24.0 Å². The molecule has 1 fully saturated rings. The Kier molecular flexibility index (Phi) is 4.66. The minimum Gasteiger partial charge on any atom is -0.340 e. The number of aromatic nitrogens is 2. The van der Waals surface area contributed by atoms with Crippen LogP contribution in [0, 0.1) is 25.2 Å². The van der Waals surface area contributed by atoms with Crippen molar-refractivity contribution < 1.29 is 4.79 Å². The van der Waals surface area contributed by atoms with Crippen molar-refractivity contribution >= 4 is 5.91 Å². The number of likely N-dealkylation sites (tertiary alicyclic amines) is 1. The monoisotopic (exact) mass is 322 g/mol. The van der Waals surface area contributed by atoms with Crippen LogP contribution in [-0.2, 0) is 11.2 Å². The summed E-state index contributed by atoms with van der Waals surface area (Å²) in [6.07, 6.45) is 2.44. The van der Waals surface area contributed by atoms with E-state index in [0.29, 0.717) is 12.0 Å². The van der Waals surface area contributed by atoms with Gasteiger partial charge in [-0.2, -0.15) is 10.4 Å². The minimum atomic E-state index is 0.144. The van der Waals surface area contributed by atoms with Gasteiger partial charge in [-0.1, -0.05) is 12.1 Å². The molecule has 1 aromatic heterocycles. The van der Waals surface area contributed by atoms with Gasteiger partial charge in [-0.15, -0.1) is 0 Å². The molecular formula is C19H22N4O. The maximum atomic E-state index is 12.6. The Morgan fingerprint density at radius 3 is 2.71 bits per heavy atom. The molecular weight excluding hydrogens is 300 g/mol. The minimum absolute atomic E-state index is 0.144. The van der Waals surface area contributed by atoms with Crippen molar-refractivity contribution in [3.63, 3.8) is 0 Å². The molecule has 0 saturated carbocycles. The number of carbonyl (C=O) groups excluding carboxylic acids is 1. The Hall–Kier alpha value is -2.61. The second-order valence-electron chi connectivity index (χ2n) is 6.49. The average molecular weight is 322 g/mol. The number of piperidine rings is 1. The largest absolute Gasteiger partial charge is 0.340 e. The highest BCUT2D eigenvalue weighted by Crippen LogP contribution is 2.23. The quantitative estimate of drug-likeness (QED) is 0.873. The van der Waals surface area contributed by atoms with E-state index in [1.54, 1.807) is 12.1 Å². The molecule has 1 amide bonds. The molecule has 0 spiro atoms. The number of rotatable bonds is 3. The van der Waals surface area contributed by atoms with Gasteiger partial charge in [-0.25, -0.2) is 0 Å². The van der Waals surface area contributed by atoms with E-state index < -0.39 is 0 Å². The summed E-state index contributed by atoms with van der Waals surface area (Å²) in [7, 11) is 0. The third-order valence-corrected chi connectivity index (χ3v) is 4.58. The number of amides is 1. The molecule has 0 bridgehead atoms. The van der Waals surface area contributed by atoms with Gasteiger partial charge in [-0.05, 0) is 50.5 Å². The smallest absolute Gasteiger partial charge is 0.227 e. The highest BCUT2D eigenvalue weighted by Gasteiger charge is 2.26. The van der Waals surface area contributed by atoms with Gasteiger partial charge in [-0.3, -0.25) is 9.48 Å². The van der Waals surface area contributed by atoms with Crippen molar-refractivity contribution in [1.82, 2.24) is 14.7 Å². The summed E-state index contributed by atoms with van der Waals surface area (Å²) in [5.74, 6) is 0.144. The molecule has 1 aromatic carbocycles. The number of benzene rings is 1. The number of hydrogen-bond acceptors (Lipinski definition) is 3. The van der Waals surface area contributed by atoms with Gasteiger partial charge in [0.2, 0.25) is 5.91 Å². The number of aryl methyl sites for hydroxylation is 2. The lowest BCUT2D eigenvalue weighted by Gasteiger charge is -2.33. The lowest BCUT2D eigenvalue weighted by Crippen LogP contribution is -2.41. The second-order valence-corrected chi connectivity index (χ2v) is 6.49. The van der Waals surface area contributed by atoms with Crippen molar-refractivity contribution in [2.75, 3.05) is 13.1 Å². The van der Waals surface area contributed by atoms with Crippen LogP contribution < -0.4 is 0 Å². The molecule has 124 valence electrons. The summed E-state index contributed by atoms with van der Waals surface area (Å²) < 4.78 is 2.07. The lowest BCUT2D eigenvalue weighted by atomic mass is 10.0. The zero-order valence-corrected chi connectivity index (χ0v) is 14.2. The molecule has 2 heterocycles. The maximum absolute atomic E-state index is 12.6. The van der Waals surface area contributed by atoms with E-state index in [9.17, 15) is 4.79 Å². The first-order chi connectivity index (χ1) is 11.6. The van der Waals surface area contributed by atoms with Crippen LogP contribution in [0.15, 0.2) is 30.3 Å². The van der Waals surface area contributed by atoms with Gasteiger partial charge in [0.1, 0.15) is 0 Å². The lowest BCUT2D eigenvalue weighted by molar-refractivity contribution is -0.132. The molecule has 5 nitrogen and oxygen atoms in total. The number of nitriles is 1. The molecule has 5 heteroatoms. The van der Waals surface area contributed by atoms with Gasteiger partial charge < -0.3 is 4.90 Å². The number of carbonyl (C=O) groups is 1. The first kappa shape index (κ1) is 16.3. The zero-order valence-electron chi connectivity index (χ0n) is 14.2. The van der Waals surface area contributed by atoms with Crippen molar-refractivity contribution in [2.45, 2.75) is 39.2 Å². The molecule has 0 aliphatic carbocycles. The third kappa shape index (κ3) is 3.48. The predicted octanol–water partition coefficient (Wildman–Crippen LogP) is 2.78. The van der Waals surface area contributed by atoms with E-state index >= 15 is 0 Å². The summed E-state index contributed by atoms with van der Waals surface area (Å²) in [6.45, 7) is 5.60. The van der Waals surface area contributed by atoms with Crippen LogP contribution in [0.5, 0.6) is 0 Å². The van der Waals surface area contributed by atoms with Gasteiger partial charge in [0.15, 0.2) is 0 Å². The summed E-state index contributed by atoms with van der Waals surface area (Å²) in [6, 6.07) is 11.7. The molecule has 0 unspecified atom stereocenters. The molecule has 3 rings (SSSR count). The van der Waals surface area contributed by atoms with Crippen LogP contribution in [0.1, 0.15) is 41.4 Å². The van der Waals surface area contributed by atoms with Crippen molar-refractivity contribution in [3.8, 4) is 6.07 Å². The summed E-state index contributed by atoms with van der Waals surface area (Å²) in [4.78, 5) is 14.6. The Bertz CT molecular complexity index is 770. The molecule has 1 aliphatic heterocycles. The van der Waals surface area contributed by atoms with E-state index in [4.69, 9.17) is 5.26 Å². The SMILES string of the molecule is Cc1cc(C)n([C@@H]2CCCN(C(=O)Cc3ccc(C#N)cc3)C2)n1. The molecule has 24 heavy (non-hydrogen) atoms. The van der Waals surface area contributed by atoms with E-state index in [0.717, 1.165) is 42.9 Å². The summed E-state index contributed by atoms with van der Waals surface area (Å²) in [5.41, 5.74) is 3.74. The molecule has 2 aromatic rings. The van der Waals surface area contributed by atoms with E-state index in [2.05, 4.69) is 28.8 Å². The Morgan fingerprint density at radius 1 is 1.33 bits per heavy atom. The van der Waals surface area contributed by atoms with Crippen LogP contribution in [0.3, 0.4) is 0 Å². The Balaban J connectivity index is 1.66. The van der Waals surface area contributed by atoms with Crippen LogP contribution >= 0.6 is 0 Å². The Labute approximate surface area is 142 Å². The first-order valence-corrected chi connectivity index (χ1v) is 8.36. The molecule has 1 atom stereocenters. The topological polar surface area (TPSA) is 61.9 Å². The fraction of sp³-hybridized carbons (Fsp3) is 0.421. The van der Waals surface area contributed by atoms with E-state index in [-0.39, 0.29) is 11.9 Å². The van der Waals surface area contributed by atoms with Gasteiger partial charge in [0.25, 0.3) is 0 Å². The number of hydrogen-bond donors (Lipinski definition) is 0. The molecule has 1 saturated heterocycles. The molecule has 0 radical (unpaired) electrons. The highest BCUT2D eigenvalue weighted by atomic mass is 16.2. The van der Waals surface area contributed by atoms with Crippen LogP contribution in [0.4, 0.5) is 0 Å². The van der Waals surface area contributed by atoms with Gasteiger partial charge in [0.05, 0.1) is 29.8 Å².